The third-order valence-electron chi connectivity index (χ3n) is 2.87. The van der Waals surface area contributed by atoms with E-state index in [1.165, 1.54) is 19.2 Å². The van der Waals surface area contributed by atoms with Crippen molar-refractivity contribution in [3.05, 3.63) is 59.7 Å². The number of carbonyl (C=O) groups is 2. The van der Waals surface area contributed by atoms with Gasteiger partial charge in [0.1, 0.15) is 11.5 Å². The number of carbonyl (C=O) groups excluding carboxylic acids is 2. The smallest absolute Gasteiger partial charge is 0.248 e. The first-order chi connectivity index (χ1) is 10.1. The highest BCUT2D eigenvalue weighted by Crippen LogP contribution is 2.22. The Hall–Kier alpha value is -2.82. The number of ether oxygens (including phenoxy) is 2. The van der Waals surface area contributed by atoms with Crippen LogP contribution in [-0.2, 0) is 0 Å². The minimum absolute atomic E-state index is 0.130. The Morgan fingerprint density at radius 3 is 2.29 bits per heavy atom. The summed E-state index contributed by atoms with van der Waals surface area (Å²) in [5, 5.41) is 0. The molecule has 0 radical (unpaired) electrons. The second kappa shape index (κ2) is 6.56. The van der Waals surface area contributed by atoms with Crippen molar-refractivity contribution in [3.8, 4) is 11.5 Å². The van der Waals surface area contributed by atoms with Crippen LogP contribution in [0, 0.1) is 0 Å². The Bertz CT molecular complexity index is 653. The van der Waals surface area contributed by atoms with Crippen LogP contribution >= 0.6 is 0 Å². The lowest BCUT2D eigenvalue weighted by Crippen LogP contribution is -2.13. The summed E-state index contributed by atoms with van der Waals surface area (Å²) in [6, 6.07) is 13.4. The van der Waals surface area contributed by atoms with Crippen LogP contribution in [0.1, 0.15) is 20.7 Å². The van der Waals surface area contributed by atoms with Crippen LogP contribution in [-0.4, -0.2) is 25.4 Å². The summed E-state index contributed by atoms with van der Waals surface area (Å²) < 4.78 is 10.5. The van der Waals surface area contributed by atoms with Gasteiger partial charge in [-0.2, -0.15) is 0 Å². The summed E-state index contributed by atoms with van der Waals surface area (Å²) in [6.45, 7) is -0.130. The van der Waals surface area contributed by atoms with Crippen molar-refractivity contribution in [1.82, 2.24) is 0 Å². The van der Waals surface area contributed by atoms with E-state index in [2.05, 4.69) is 0 Å². The van der Waals surface area contributed by atoms with Crippen molar-refractivity contribution < 1.29 is 19.1 Å². The quantitative estimate of drug-likeness (QED) is 0.824. The summed E-state index contributed by atoms with van der Waals surface area (Å²) in [7, 11) is 1.47. The Morgan fingerprint density at radius 1 is 1.00 bits per heavy atom. The maximum absolute atomic E-state index is 11.9. The van der Waals surface area contributed by atoms with E-state index in [-0.39, 0.29) is 18.0 Å². The fourth-order valence-corrected chi connectivity index (χ4v) is 1.77. The van der Waals surface area contributed by atoms with Crippen LogP contribution < -0.4 is 15.2 Å². The lowest BCUT2D eigenvalue weighted by atomic mass is 10.1. The van der Waals surface area contributed by atoms with Gasteiger partial charge in [-0.25, -0.2) is 0 Å². The maximum atomic E-state index is 11.9. The number of Topliss-reactive ketones (excluding diaryl/α,β-unsaturated/α-hetero) is 1. The average Bonchev–Trinajstić information content (AvgIpc) is 2.53. The number of ketones is 1. The first-order valence-electron chi connectivity index (χ1n) is 6.30. The molecule has 2 rings (SSSR count). The summed E-state index contributed by atoms with van der Waals surface area (Å²) >= 11 is 0. The molecule has 0 aliphatic heterocycles. The monoisotopic (exact) mass is 285 g/mol. The van der Waals surface area contributed by atoms with Gasteiger partial charge in [-0.3, -0.25) is 9.59 Å². The first-order valence-corrected chi connectivity index (χ1v) is 6.30. The fourth-order valence-electron chi connectivity index (χ4n) is 1.77. The minimum Gasteiger partial charge on any atom is -0.497 e. The normalized spacial score (nSPS) is 9.95. The van der Waals surface area contributed by atoms with E-state index in [0.29, 0.717) is 17.1 Å². The lowest BCUT2D eigenvalue weighted by Gasteiger charge is -2.09. The van der Waals surface area contributed by atoms with Crippen LogP contribution in [0.2, 0.25) is 0 Å². The number of methoxy groups -OCH3 is 1. The second-order valence-corrected chi connectivity index (χ2v) is 4.34. The van der Waals surface area contributed by atoms with E-state index in [1.54, 1.807) is 30.3 Å². The van der Waals surface area contributed by atoms with E-state index >= 15 is 0 Å². The Labute approximate surface area is 122 Å². The van der Waals surface area contributed by atoms with Gasteiger partial charge in [0, 0.05) is 17.2 Å². The van der Waals surface area contributed by atoms with Crippen molar-refractivity contribution >= 4 is 11.7 Å². The molecule has 0 bridgehead atoms. The van der Waals surface area contributed by atoms with E-state index in [0.717, 1.165) is 0 Å². The molecule has 108 valence electrons. The topological polar surface area (TPSA) is 78.6 Å². The molecular formula is C16H15NO4. The van der Waals surface area contributed by atoms with Crippen molar-refractivity contribution in [2.24, 2.45) is 5.73 Å². The van der Waals surface area contributed by atoms with Crippen LogP contribution in [0.25, 0.3) is 0 Å². The van der Waals surface area contributed by atoms with Gasteiger partial charge in [-0.05, 0) is 12.1 Å². The van der Waals surface area contributed by atoms with Gasteiger partial charge in [-0.15, -0.1) is 0 Å². The number of benzene rings is 2. The third-order valence-corrected chi connectivity index (χ3v) is 2.87. The van der Waals surface area contributed by atoms with Gasteiger partial charge in [0.05, 0.1) is 7.11 Å². The number of rotatable bonds is 6. The predicted molar refractivity (Wildman–Crippen MR) is 77.8 cm³/mol. The van der Waals surface area contributed by atoms with Gasteiger partial charge in [0.2, 0.25) is 5.91 Å². The molecule has 5 heteroatoms. The molecule has 0 heterocycles. The molecule has 0 unspecified atom stereocenters. The van der Waals surface area contributed by atoms with Gasteiger partial charge < -0.3 is 15.2 Å². The molecule has 2 N–H and O–H groups in total. The molecule has 0 saturated carbocycles. The fraction of sp³-hybridized carbons (Fsp3) is 0.125. The van der Waals surface area contributed by atoms with Crippen LogP contribution in [0.15, 0.2) is 48.5 Å². The van der Waals surface area contributed by atoms with Gasteiger partial charge >= 0.3 is 0 Å². The van der Waals surface area contributed by atoms with Gasteiger partial charge in [0.15, 0.2) is 12.4 Å². The summed E-state index contributed by atoms with van der Waals surface area (Å²) in [4.78, 5) is 23.2. The van der Waals surface area contributed by atoms with E-state index in [9.17, 15) is 9.59 Å². The Kier molecular flexibility index (Phi) is 4.56. The standard InChI is InChI=1S/C16H15NO4/c1-20-13-7-12(16(17)19)8-14(9-13)21-10-15(18)11-5-3-2-4-6-11/h2-9H,10H2,1H3,(H2,17,19). The number of hydrogen-bond donors (Lipinski definition) is 1. The average molecular weight is 285 g/mol. The zero-order valence-electron chi connectivity index (χ0n) is 11.5. The SMILES string of the molecule is COc1cc(OCC(=O)c2ccccc2)cc(C(N)=O)c1. The van der Waals surface area contributed by atoms with Crippen molar-refractivity contribution in [1.29, 1.82) is 0 Å². The Balaban J connectivity index is 2.11. The molecule has 0 aliphatic carbocycles. The highest BCUT2D eigenvalue weighted by atomic mass is 16.5. The predicted octanol–water partition coefficient (Wildman–Crippen LogP) is 2.06. The molecule has 2 aromatic carbocycles. The summed E-state index contributed by atoms with van der Waals surface area (Å²) in [5.41, 5.74) is 6.06. The van der Waals surface area contributed by atoms with Crippen LogP contribution in [0.3, 0.4) is 0 Å². The molecule has 0 atom stereocenters. The highest BCUT2D eigenvalue weighted by Gasteiger charge is 2.10. The number of amides is 1. The summed E-state index contributed by atoms with van der Waals surface area (Å²) in [6.07, 6.45) is 0. The largest absolute Gasteiger partial charge is 0.497 e. The molecule has 21 heavy (non-hydrogen) atoms. The van der Waals surface area contributed by atoms with Gasteiger partial charge in [-0.1, -0.05) is 30.3 Å². The van der Waals surface area contributed by atoms with Crippen molar-refractivity contribution in [3.63, 3.8) is 0 Å². The molecule has 0 spiro atoms. The van der Waals surface area contributed by atoms with Gasteiger partial charge in [0.25, 0.3) is 0 Å². The minimum atomic E-state index is -0.590. The highest BCUT2D eigenvalue weighted by molar-refractivity contribution is 5.97. The molecule has 0 aromatic heterocycles. The maximum Gasteiger partial charge on any atom is 0.248 e. The van der Waals surface area contributed by atoms with E-state index in [1.807, 2.05) is 6.07 Å². The van der Waals surface area contributed by atoms with Crippen molar-refractivity contribution in [2.45, 2.75) is 0 Å². The molecule has 1 amide bonds. The zero-order valence-corrected chi connectivity index (χ0v) is 11.5. The molecular weight excluding hydrogens is 270 g/mol. The third kappa shape index (κ3) is 3.82. The summed E-state index contributed by atoms with van der Waals surface area (Å²) in [5.74, 6) is 0.0491. The van der Waals surface area contributed by atoms with Crippen LogP contribution in [0.4, 0.5) is 0 Å². The Morgan fingerprint density at radius 2 is 1.67 bits per heavy atom. The molecule has 2 aromatic rings. The molecule has 0 aliphatic rings. The van der Waals surface area contributed by atoms with E-state index < -0.39 is 5.91 Å². The van der Waals surface area contributed by atoms with Crippen molar-refractivity contribution in [2.75, 3.05) is 13.7 Å². The molecule has 0 saturated heterocycles. The number of nitrogens with two attached hydrogens (primary N) is 1. The number of primary amides is 1. The number of hydrogen-bond acceptors (Lipinski definition) is 4. The molecule has 0 fully saturated rings. The lowest BCUT2D eigenvalue weighted by molar-refractivity contribution is 0.0921. The second-order valence-electron chi connectivity index (χ2n) is 4.34. The van der Waals surface area contributed by atoms with E-state index in [4.69, 9.17) is 15.2 Å². The van der Waals surface area contributed by atoms with Crippen LogP contribution in [0.5, 0.6) is 11.5 Å². The molecule has 5 nitrogen and oxygen atoms in total. The first kappa shape index (κ1) is 14.6. The zero-order chi connectivity index (χ0) is 15.2.